The summed E-state index contributed by atoms with van der Waals surface area (Å²) < 4.78 is 0. The van der Waals surface area contributed by atoms with Crippen molar-refractivity contribution in [3.05, 3.63) is 32.3 Å². The van der Waals surface area contributed by atoms with Gasteiger partial charge in [-0.3, -0.25) is 10.1 Å². The largest absolute Gasteiger partial charge is 0.390 e. The molecular formula is C11H12Cl2N2O4. The van der Waals surface area contributed by atoms with Gasteiger partial charge in [-0.15, -0.1) is 0 Å². The van der Waals surface area contributed by atoms with E-state index in [-0.39, 0.29) is 21.4 Å². The highest BCUT2D eigenvalue weighted by Gasteiger charge is 2.34. The minimum Gasteiger partial charge on any atom is -0.390 e. The van der Waals surface area contributed by atoms with Gasteiger partial charge in [0.05, 0.1) is 33.2 Å². The van der Waals surface area contributed by atoms with Gasteiger partial charge in [0.1, 0.15) is 5.69 Å². The number of hydrogen-bond donors (Lipinski definition) is 3. The highest BCUT2D eigenvalue weighted by atomic mass is 35.5. The van der Waals surface area contributed by atoms with Gasteiger partial charge >= 0.3 is 0 Å². The molecule has 6 nitrogen and oxygen atoms in total. The van der Waals surface area contributed by atoms with Crippen molar-refractivity contribution >= 4 is 34.6 Å². The van der Waals surface area contributed by atoms with Crippen LogP contribution in [0.2, 0.25) is 10.0 Å². The van der Waals surface area contributed by atoms with Gasteiger partial charge in [-0.2, -0.15) is 0 Å². The number of anilines is 1. The molecule has 2 rings (SSSR count). The first-order valence-corrected chi connectivity index (χ1v) is 6.42. The molecule has 1 aliphatic carbocycles. The Morgan fingerprint density at radius 2 is 1.89 bits per heavy atom. The van der Waals surface area contributed by atoms with Crippen LogP contribution in [0, 0.1) is 10.1 Å². The molecule has 1 aromatic carbocycles. The summed E-state index contributed by atoms with van der Waals surface area (Å²) in [6.45, 7) is 0. The zero-order chi connectivity index (χ0) is 14.2. The normalized spacial score (nSPS) is 26.4. The molecule has 0 bridgehead atoms. The summed E-state index contributed by atoms with van der Waals surface area (Å²) in [6, 6.07) is 2.05. The molecule has 1 aliphatic rings. The second-order valence-electron chi connectivity index (χ2n) is 4.43. The van der Waals surface area contributed by atoms with E-state index in [9.17, 15) is 20.3 Å². The Kier molecular flexibility index (Phi) is 4.15. The summed E-state index contributed by atoms with van der Waals surface area (Å²) in [7, 11) is 0. The highest BCUT2D eigenvalue weighted by molar-refractivity contribution is 6.42. The summed E-state index contributed by atoms with van der Waals surface area (Å²) in [4.78, 5) is 10.4. The van der Waals surface area contributed by atoms with Crippen LogP contribution in [-0.2, 0) is 0 Å². The van der Waals surface area contributed by atoms with Crippen LogP contribution in [-0.4, -0.2) is 33.4 Å². The van der Waals surface area contributed by atoms with Crippen molar-refractivity contribution in [1.82, 2.24) is 0 Å². The van der Waals surface area contributed by atoms with Crippen molar-refractivity contribution in [1.29, 1.82) is 0 Å². The van der Waals surface area contributed by atoms with Crippen LogP contribution in [0.4, 0.5) is 11.4 Å². The minimum atomic E-state index is -0.964. The Bertz CT molecular complexity index is 512. The third-order valence-electron chi connectivity index (χ3n) is 3.16. The lowest BCUT2D eigenvalue weighted by Crippen LogP contribution is -2.34. The van der Waals surface area contributed by atoms with Gasteiger partial charge in [0.2, 0.25) is 0 Å². The molecule has 0 unspecified atom stereocenters. The first-order chi connectivity index (χ1) is 8.90. The number of aliphatic hydroxyl groups excluding tert-OH is 2. The molecule has 0 amide bonds. The van der Waals surface area contributed by atoms with E-state index in [1.54, 1.807) is 0 Å². The molecule has 19 heavy (non-hydrogen) atoms. The average molecular weight is 307 g/mol. The first-order valence-electron chi connectivity index (χ1n) is 5.66. The number of nitrogens with one attached hydrogen (secondary N) is 1. The summed E-state index contributed by atoms with van der Waals surface area (Å²) in [5, 5.41) is 33.3. The molecule has 8 heteroatoms. The number of nitrogens with zero attached hydrogens (tertiary/aromatic N) is 1. The smallest absolute Gasteiger partial charge is 0.293 e. The van der Waals surface area contributed by atoms with Crippen LogP contribution in [0.25, 0.3) is 0 Å². The zero-order valence-corrected chi connectivity index (χ0v) is 11.2. The Balaban J connectivity index is 2.29. The van der Waals surface area contributed by atoms with Crippen LogP contribution in [0.15, 0.2) is 12.1 Å². The van der Waals surface area contributed by atoms with Crippen LogP contribution < -0.4 is 5.32 Å². The van der Waals surface area contributed by atoms with Gasteiger partial charge in [0.15, 0.2) is 0 Å². The SMILES string of the molecule is O=[N+]([O-])c1cc(Cl)c(Cl)cc1N[C@@H]1CC[C@H](O)[C@@H]1O. The molecule has 0 spiro atoms. The number of nitro benzene ring substituents is 1. The molecule has 1 fully saturated rings. The van der Waals surface area contributed by atoms with Crippen molar-refractivity contribution in [2.75, 3.05) is 5.32 Å². The maximum Gasteiger partial charge on any atom is 0.293 e. The maximum absolute atomic E-state index is 11.0. The van der Waals surface area contributed by atoms with Crippen molar-refractivity contribution in [3.63, 3.8) is 0 Å². The molecule has 0 aliphatic heterocycles. The third kappa shape index (κ3) is 2.92. The van der Waals surface area contributed by atoms with Crippen molar-refractivity contribution in [3.8, 4) is 0 Å². The van der Waals surface area contributed by atoms with Gasteiger partial charge in [-0.1, -0.05) is 23.2 Å². The number of halogens is 2. The number of aliphatic hydroxyl groups is 2. The molecule has 0 heterocycles. The molecule has 3 atom stereocenters. The predicted molar refractivity (Wildman–Crippen MR) is 71.8 cm³/mol. The van der Waals surface area contributed by atoms with Crippen LogP contribution in [0.5, 0.6) is 0 Å². The highest BCUT2D eigenvalue weighted by Crippen LogP contribution is 2.35. The van der Waals surface area contributed by atoms with Crippen molar-refractivity contribution in [2.24, 2.45) is 0 Å². The molecule has 3 N–H and O–H groups in total. The maximum atomic E-state index is 11.0. The minimum absolute atomic E-state index is 0.0888. The van der Waals surface area contributed by atoms with Gasteiger partial charge in [-0.05, 0) is 18.9 Å². The van der Waals surface area contributed by atoms with Crippen LogP contribution in [0.3, 0.4) is 0 Å². The lowest BCUT2D eigenvalue weighted by molar-refractivity contribution is -0.384. The number of nitro groups is 1. The summed E-state index contributed by atoms with van der Waals surface area (Å²) in [5.74, 6) is 0. The summed E-state index contributed by atoms with van der Waals surface area (Å²) in [6.07, 6.45) is -0.832. The topological polar surface area (TPSA) is 95.6 Å². The van der Waals surface area contributed by atoms with Crippen LogP contribution >= 0.6 is 23.2 Å². The van der Waals surface area contributed by atoms with E-state index in [2.05, 4.69) is 5.32 Å². The number of benzene rings is 1. The Morgan fingerprint density at radius 1 is 1.26 bits per heavy atom. The third-order valence-corrected chi connectivity index (χ3v) is 3.88. The summed E-state index contributed by atoms with van der Waals surface area (Å²) in [5.41, 5.74) is -0.0412. The lowest BCUT2D eigenvalue weighted by Gasteiger charge is -2.19. The van der Waals surface area contributed by atoms with E-state index in [0.29, 0.717) is 12.8 Å². The Morgan fingerprint density at radius 3 is 2.42 bits per heavy atom. The molecule has 0 saturated heterocycles. The Hall–Kier alpha value is -1.08. The van der Waals surface area contributed by atoms with Gasteiger partial charge in [0.25, 0.3) is 5.69 Å². The molecule has 104 valence electrons. The van der Waals surface area contributed by atoms with Gasteiger partial charge < -0.3 is 15.5 Å². The molecule has 1 aromatic rings. The van der Waals surface area contributed by atoms with E-state index in [0.717, 1.165) is 6.07 Å². The van der Waals surface area contributed by atoms with E-state index >= 15 is 0 Å². The number of rotatable bonds is 3. The fourth-order valence-electron chi connectivity index (χ4n) is 2.12. The molecular weight excluding hydrogens is 295 g/mol. The van der Waals surface area contributed by atoms with E-state index in [1.807, 2.05) is 0 Å². The Labute approximate surface area is 119 Å². The monoisotopic (exact) mass is 306 g/mol. The number of hydrogen-bond acceptors (Lipinski definition) is 5. The molecule has 0 aromatic heterocycles. The second-order valence-corrected chi connectivity index (χ2v) is 5.24. The summed E-state index contributed by atoms with van der Waals surface area (Å²) >= 11 is 11.6. The second kappa shape index (κ2) is 5.50. The van der Waals surface area contributed by atoms with Crippen LogP contribution in [0.1, 0.15) is 12.8 Å². The fraction of sp³-hybridized carbons (Fsp3) is 0.455. The molecule has 1 saturated carbocycles. The van der Waals surface area contributed by atoms with Crippen molar-refractivity contribution < 1.29 is 15.1 Å². The zero-order valence-electron chi connectivity index (χ0n) is 9.72. The van der Waals surface area contributed by atoms with Gasteiger partial charge in [0, 0.05) is 6.07 Å². The van der Waals surface area contributed by atoms with E-state index in [4.69, 9.17) is 23.2 Å². The first kappa shape index (κ1) is 14.3. The quantitative estimate of drug-likeness (QED) is 0.587. The lowest BCUT2D eigenvalue weighted by atomic mass is 10.1. The predicted octanol–water partition coefficient (Wildman–Crippen LogP) is 2.20. The van der Waals surface area contributed by atoms with Gasteiger partial charge in [-0.25, -0.2) is 0 Å². The van der Waals surface area contributed by atoms with Crippen molar-refractivity contribution in [2.45, 2.75) is 31.1 Å². The standard InChI is InChI=1S/C11H12Cl2N2O4/c12-5-3-8(9(15(18)19)4-6(5)13)14-7-1-2-10(16)11(7)17/h3-4,7,10-11,14,16-17H,1-2H2/t7-,10+,11-/m1/s1. The van der Waals surface area contributed by atoms with E-state index in [1.165, 1.54) is 6.07 Å². The van der Waals surface area contributed by atoms with E-state index < -0.39 is 23.2 Å². The fourth-order valence-corrected chi connectivity index (χ4v) is 2.44. The average Bonchev–Trinajstić information content (AvgIpc) is 2.65. The molecule has 0 radical (unpaired) electrons.